The molecule has 2 amide bonds. The maximum atomic E-state index is 11.4. The molecule has 18 heavy (non-hydrogen) atoms. The third-order valence-corrected chi connectivity index (χ3v) is 2.15. The minimum atomic E-state index is -0.755. The van der Waals surface area contributed by atoms with Gasteiger partial charge in [0.15, 0.2) is 0 Å². The summed E-state index contributed by atoms with van der Waals surface area (Å²) in [4.78, 5) is 22.6. The van der Waals surface area contributed by atoms with Gasteiger partial charge in [-0.2, -0.15) is 0 Å². The first-order valence-corrected chi connectivity index (χ1v) is 5.40. The first-order chi connectivity index (χ1) is 8.63. The van der Waals surface area contributed by atoms with Crippen molar-refractivity contribution >= 4 is 18.3 Å². The van der Waals surface area contributed by atoms with E-state index in [9.17, 15) is 9.59 Å². The molecule has 0 bridgehead atoms. The number of hydrogen-bond acceptors (Lipinski definition) is 4. The summed E-state index contributed by atoms with van der Waals surface area (Å²) >= 11 is 0. The van der Waals surface area contributed by atoms with Crippen LogP contribution in [0.3, 0.4) is 0 Å². The van der Waals surface area contributed by atoms with Gasteiger partial charge in [-0.3, -0.25) is 10.2 Å². The van der Waals surface area contributed by atoms with Crippen LogP contribution < -0.4 is 10.6 Å². The number of nitrogens with one attached hydrogen (secondary N) is 3. The molecular formula is C12H15N3O3. The van der Waals surface area contributed by atoms with Gasteiger partial charge in [0.2, 0.25) is 5.91 Å². The number of ether oxygens (including phenoxy) is 1. The van der Waals surface area contributed by atoms with E-state index in [4.69, 9.17) is 10.1 Å². The molecule has 0 unspecified atom stereocenters. The summed E-state index contributed by atoms with van der Waals surface area (Å²) in [5.74, 6) is -0.471. The Balaban J connectivity index is 2.33. The van der Waals surface area contributed by atoms with Crippen molar-refractivity contribution in [1.82, 2.24) is 10.6 Å². The maximum Gasteiger partial charge on any atom is 0.408 e. The molecule has 0 saturated carbocycles. The Morgan fingerprint density at radius 3 is 2.67 bits per heavy atom. The molecule has 0 fully saturated rings. The van der Waals surface area contributed by atoms with Crippen LogP contribution in [-0.4, -0.2) is 24.4 Å². The average molecular weight is 249 g/mol. The van der Waals surface area contributed by atoms with E-state index in [2.05, 4.69) is 10.6 Å². The van der Waals surface area contributed by atoms with E-state index in [1.54, 1.807) is 0 Å². The Hall–Kier alpha value is -2.37. The lowest BCUT2D eigenvalue weighted by Crippen LogP contribution is -2.44. The monoisotopic (exact) mass is 249 g/mol. The lowest BCUT2D eigenvalue weighted by atomic mass is 10.2. The number of amides is 2. The zero-order valence-electron chi connectivity index (χ0n) is 9.97. The Labute approximate surface area is 105 Å². The molecule has 0 spiro atoms. The summed E-state index contributed by atoms with van der Waals surface area (Å²) < 4.78 is 4.94. The molecule has 0 saturated heterocycles. The predicted octanol–water partition coefficient (Wildman–Crippen LogP) is 1.02. The second-order valence-corrected chi connectivity index (χ2v) is 3.58. The van der Waals surface area contributed by atoms with Gasteiger partial charge in [0.05, 0.1) is 6.34 Å². The van der Waals surface area contributed by atoms with Gasteiger partial charge in [0.25, 0.3) is 0 Å². The highest BCUT2D eigenvalue weighted by atomic mass is 16.5. The number of carbonyl (C=O) groups excluding carboxylic acids is 2. The Morgan fingerprint density at radius 2 is 2.06 bits per heavy atom. The Kier molecular flexibility index (Phi) is 5.37. The van der Waals surface area contributed by atoms with Crippen molar-refractivity contribution < 1.29 is 14.3 Å². The Bertz CT molecular complexity index is 420. The van der Waals surface area contributed by atoms with Gasteiger partial charge in [-0.25, -0.2) is 4.79 Å². The topological polar surface area (TPSA) is 91.3 Å². The van der Waals surface area contributed by atoms with Gasteiger partial charge in [-0.05, 0) is 12.5 Å². The molecule has 6 nitrogen and oxygen atoms in total. The molecule has 1 aromatic carbocycles. The van der Waals surface area contributed by atoms with E-state index >= 15 is 0 Å². The van der Waals surface area contributed by atoms with E-state index in [-0.39, 0.29) is 6.61 Å². The highest BCUT2D eigenvalue weighted by molar-refractivity contribution is 5.92. The Morgan fingerprint density at radius 1 is 1.39 bits per heavy atom. The summed E-state index contributed by atoms with van der Waals surface area (Å²) in [7, 11) is 0. The van der Waals surface area contributed by atoms with E-state index in [1.807, 2.05) is 30.3 Å². The summed E-state index contributed by atoms with van der Waals surface area (Å²) in [5.41, 5.74) is 0.865. The fourth-order valence-electron chi connectivity index (χ4n) is 1.20. The molecule has 1 rings (SSSR count). The molecule has 3 N–H and O–H groups in total. The highest BCUT2D eigenvalue weighted by Gasteiger charge is 2.15. The van der Waals surface area contributed by atoms with E-state index in [0.717, 1.165) is 11.9 Å². The molecule has 0 radical (unpaired) electrons. The van der Waals surface area contributed by atoms with Crippen LogP contribution in [0.5, 0.6) is 0 Å². The predicted molar refractivity (Wildman–Crippen MR) is 66.2 cm³/mol. The van der Waals surface area contributed by atoms with E-state index < -0.39 is 18.0 Å². The van der Waals surface area contributed by atoms with Gasteiger partial charge in [-0.15, -0.1) is 0 Å². The van der Waals surface area contributed by atoms with Crippen molar-refractivity contribution in [3.05, 3.63) is 35.9 Å². The zero-order chi connectivity index (χ0) is 13.4. The minimum Gasteiger partial charge on any atom is -0.445 e. The van der Waals surface area contributed by atoms with Crippen LogP contribution in [0.25, 0.3) is 0 Å². The minimum absolute atomic E-state index is 0.144. The zero-order valence-corrected chi connectivity index (χ0v) is 9.97. The number of alkyl carbamates (subject to hydrolysis) is 1. The van der Waals surface area contributed by atoms with Crippen LogP contribution in [0.4, 0.5) is 4.79 Å². The lowest BCUT2D eigenvalue weighted by Gasteiger charge is -2.12. The average Bonchev–Trinajstić information content (AvgIpc) is 2.38. The third-order valence-electron chi connectivity index (χ3n) is 2.15. The summed E-state index contributed by atoms with van der Waals surface area (Å²) in [6.45, 7) is 1.65. The smallest absolute Gasteiger partial charge is 0.408 e. The second-order valence-electron chi connectivity index (χ2n) is 3.58. The van der Waals surface area contributed by atoms with Crippen LogP contribution in [0.15, 0.2) is 30.3 Å². The maximum absolute atomic E-state index is 11.4. The second kappa shape index (κ2) is 7.05. The third kappa shape index (κ3) is 4.65. The number of carbonyl (C=O) groups is 2. The molecular weight excluding hydrogens is 234 g/mol. The highest BCUT2D eigenvalue weighted by Crippen LogP contribution is 2.00. The van der Waals surface area contributed by atoms with Crippen LogP contribution in [0.2, 0.25) is 0 Å². The fraction of sp³-hybridized carbons (Fsp3) is 0.250. The molecule has 0 aromatic heterocycles. The van der Waals surface area contributed by atoms with Crippen molar-refractivity contribution in [1.29, 1.82) is 5.41 Å². The molecule has 1 aromatic rings. The molecule has 1 atom stereocenters. The van der Waals surface area contributed by atoms with Crippen LogP contribution >= 0.6 is 0 Å². The molecule has 0 aliphatic heterocycles. The van der Waals surface area contributed by atoms with Crippen LogP contribution in [0.1, 0.15) is 12.5 Å². The van der Waals surface area contributed by atoms with E-state index in [1.165, 1.54) is 6.92 Å². The van der Waals surface area contributed by atoms with Gasteiger partial charge >= 0.3 is 6.09 Å². The van der Waals surface area contributed by atoms with Crippen molar-refractivity contribution in [2.75, 3.05) is 0 Å². The molecule has 0 aliphatic carbocycles. The van der Waals surface area contributed by atoms with Crippen molar-refractivity contribution in [3.8, 4) is 0 Å². The molecule has 0 heterocycles. The largest absolute Gasteiger partial charge is 0.445 e. The quantitative estimate of drug-likeness (QED) is 0.537. The van der Waals surface area contributed by atoms with Gasteiger partial charge in [-0.1, -0.05) is 30.3 Å². The normalized spacial score (nSPS) is 11.2. The summed E-state index contributed by atoms with van der Waals surface area (Å²) in [6.07, 6.45) is 0.0852. The first-order valence-electron chi connectivity index (χ1n) is 5.40. The first kappa shape index (κ1) is 13.7. The van der Waals surface area contributed by atoms with Gasteiger partial charge in [0, 0.05) is 0 Å². The molecule has 0 aliphatic rings. The standard InChI is InChI=1S/C12H15N3O3/c1-9(11(16)14-8-13)15-12(17)18-7-10-5-3-2-4-6-10/h2-6,8-9H,7H2,1H3,(H,15,17)(H2,13,14,16)/t9-/m0/s1. The fourth-order valence-corrected chi connectivity index (χ4v) is 1.20. The van der Waals surface area contributed by atoms with Crippen LogP contribution in [-0.2, 0) is 16.1 Å². The summed E-state index contributed by atoms with van der Waals surface area (Å²) in [6, 6.07) is 8.47. The van der Waals surface area contributed by atoms with Crippen molar-refractivity contribution in [2.45, 2.75) is 19.6 Å². The van der Waals surface area contributed by atoms with Gasteiger partial charge < -0.3 is 15.4 Å². The SMILES string of the molecule is C[C@H](NC(=O)OCc1ccccc1)C(=O)NC=N. The molecule has 6 heteroatoms. The van der Waals surface area contributed by atoms with Crippen LogP contribution in [0, 0.1) is 5.41 Å². The van der Waals surface area contributed by atoms with Gasteiger partial charge in [0.1, 0.15) is 12.6 Å². The number of hydrogen-bond donors (Lipinski definition) is 3. The lowest BCUT2D eigenvalue weighted by molar-refractivity contribution is -0.121. The number of rotatable bonds is 5. The van der Waals surface area contributed by atoms with Crippen molar-refractivity contribution in [2.24, 2.45) is 0 Å². The van der Waals surface area contributed by atoms with E-state index in [0.29, 0.717) is 0 Å². The summed E-state index contributed by atoms with van der Waals surface area (Å²) in [5, 5.41) is 11.2. The van der Waals surface area contributed by atoms with Crippen molar-refractivity contribution in [3.63, 3.8) is 0 Å². The number of benzene rings is 1. The molecule has 96 valence electrons.